The van der Waals surface area contributed by atoms with Gasteiger partial charge in [0.1, 0.15) is 5.69 Å². The Morgan fingerprint density at radius 3 is 2.66 bits per heavy atom. The number of amides is 1. The van der Waals surface area contributed by atoms with Gasteiger partial charge in [-0.3, -0.25) is 9.89 Å². The second-order valence-electron chi connectivity index (χ2n) is 5.99. The smallest absolute Gasteiger partial charge is 0.422 e. The van der Waals surface area contributed by atoms with Crippen molar-refractivity contribution in [2.24, 2.45) is 0 Å². The number of rotatable bonds is 4. The van der Waals surface area contributed by atoms with Gasteiger partial charge in [0.2, 0.25) is 5.88 Å². The maximum Gasteiger partial charge on any atom is 0.422 e. The highest BCUT2D eigenvalue weighted by atomic mass is 19.4. The van der Waals surface area contributed by atoms with E-state index < -0.39 is 30.3 Å². The molecule has 0 saturated heterocycles. The molecule has 1 aromatic carbocycles. The Labute approximate surface area is 157 Å². The van der Waals surface area contributed by atoms with Crippen molar-refractivity contribution in [3.8, 4) is 5.88 Å². The number of hydrogen-bond donors (Lipinski definition) is 3. The molecule has 1 amide bonds. The number of H-pyrrole nitrogens is 2. The molecule has 12 heteroatoms. The van der Waals surface area contributed by atoms with Crippen LogP contribution in [0, 0.1) is 11.6 Å². The molecule has 0 spiro atoms. The van der Waals surface area contributed by atoms with Crippen LogP contribution in [-0.4, -0.2) is 38.9 Å². The van der Waals surface area contributed by atoms with E-state index >= 15 is 0 Å². The number of alkyl halides is 3. The molecule has 29 heavy (non-hydrogen) atoms. The van der Waals surface area contributed by atoms with Crippen molar-refractivity contribution in [3.05, 3.63) is 47.8 Å². The summed E-state index contributed by atoms with van der Waals surface area (Å²) in [4.78, 5) is 19.1. The van der Waals surface area contributed by atoms with Crippen LogP contribution in [0.4, 0.5) is 27.6 Å². The third-order valence-corrected chi connectivity index (χ3v) is 3.97. The Balaban J connectivity index is 1.58. The van der Waals surface area contributed by atoms with E-state index in [9.17, 15) is 26.7 Å². The van der Waals surface area contributed by atoms with Crippen molar-refractivity contribution in [1.82, 2.24) is 20.2 Å². The number of nitrogens with one attached hydrogen (secondary N) is 3. The summed E-state index contributed by atoms with van der Waals surface area (Å²) >= 11 is 0. The molecule has 7 nitrogen and oxygen atoms in total. The number of anilines is 1. The first-order valence-corrected chi connectivity index (χ1v) is 8.03. The molecule has 4 rings (SSSR count). The van der Waals surface area contributed by atoms with Crippen molar-refractivity contribution in [2.75, 3.05) is 11.9 Å². The van der Waals surface area contributed by atoms with Crippen LogP contribution in [-0.2, 0) is 0 Å². The van der Waals surface area contributed by atoms with Gasteiger partial charge in [0.25, 0.3) is 5.91 Å². The van der Waals surface area contributed by atoms with Crippen LogP contribution in [0.5, 0.6) is 5.88 Å². The Morgan fingerprint density at radius 2 is 1.90 bits per heavy atom. The van der Waals surface area contributed by atoms with E-state index in [-0.39, 0.29) is 39.2 Å². The quantitative estimate of drug-likeness (QED) is 0.444. The predicted octanol–water partition coefficient (Wildman–Crippen LogP) is 3.91. The summed E-state index contributed by atoms with van der Waals surface area (Å²) < 4.78 is 68.0. The van der Waals surface area contributed by atoms with Gasteiger partial charge in [-0.05, 0) is 12.1 Å². The number of pyridine rings is 1. The molecule has 0 aliphatic heterocycles. The number of carbonyl (C=O) groups is 1. The highest BCUT2D eigenvalue weighted by Gasteiger charge is 2.29. The van der Waals surface area contributed by atoms with Crippen LogP contribution in [0.15, 0.2) is 30.5 Å². The van der Waals surface area contributed by atoms with E-state index in [0.29, 0.717) is 0 Å². The van der Waals surface area contributed by atoms with Crippen LogP contribution in [0.25, 0.3) is 21.9 Å². The first kappa shape index (κ1) is 18.7. The molecule has 0 unspecified atom stereocenters. The van der Waals surface area contributed by atoms with Gasteiger partial charge in [0, 0.05) is 23.7 Å². The fourth-order valence-electron chi connectivity index (χ4n) is 2.69. The SMILES string of the molecule is O=C(Nc1c[nH]c2cc(F)c(F)cc12)c1[nH]nc2nc(OCC(F)(F)F)ccc12. The maximum atomic E-state index is 13.5. The third-order valence-electron chi connectivity index (χ3n) is 3.97. The van der Waals surface area contributed by atoms with E-state index in [0.717, 1.165) is 12.1 Å². The molecule has 0 atom stereocenters. The lowest BCUT2D eigenvalue weighted by atomic mass is 10.2. The molecular weight excluding hydrogens is 401 g/mol. The van der Waals surface area contributed by atoms with Gasteiger partial charge in [0.05, 0.1) is 16.6 Å². The molecule has 0 fully saturated rings. The molecule has 0 saturated carbocycles. The summed E-state index contributed by atoms with van der Waals surface area (Å²) in [5.74, 6) is -3.08. The van der Waals surface area contributed by atoms with Crippen LogP contribution in [0.1, 0.15) is 10.5 Å². The number of nitrogens with zero attached hydrogens (tertiary/aromatic N) is 2. The van der Waals surface area contributed by atoms with Gasteiger partial charge in [-0.15, -0.1) is 0 Å². The second kappa shape index (κ2) is 6.72. The topological polar surface area (TPSA) is 95.7 Å². The number of hydrogen-bond acceptors (Lipinski definition) is 4. The largest absolute Gasteiger partial charge is 0.468 e. The first-order valence-electron chi connectivity index (χ1n) is 8.03. The Hall–Kier alpha value is -3.70. The van der Waals surface area contributed by atoms with E-state index in [1.807, 2.05) is 0 Å². The van der Waals surface area contributed by atoms with Crippen molar-refractivity contribution in [1.29, 1.82) is 0 Å². The Kier molecular flexibility index (Phi) is 4.32. The summed E-state index contributed by atoms with van der Waals surface area (Å²) in [7, 11) is 0. The summed E-state index contributed by atoms with van der Waals surface area (Å²) in [6, 6.07) is 4.40. The van der Waals surface area contributed by atoms with Gasteiger partial charge in [-0.2, -0.15) is 23.3 Å². The minimum Gasteiger partial charge on any atom is -0.468 e. The molecule has 3 N–H and O–H groups in total. The van der Waals surface area contributed by atoms with Gasteiger partial charge >= 0.3 is 6.18 Å². The predicted molar refractivity (Wildman–Crippen MR) is 91.6 cm³/mol. The summed E-state index contributed by atoms with van der Waals surface area (Å²) in [5.41, 5.74) is 0.431. The fourth-order valence-corrected chi connectivity index (χ4v) is 2.69. The molecule has 150 valence electrons. The highest BCUT2D eigenvalue weighted by Crippen LogP contribution is 2.27. The zero-order valence-corrected chi connectivity index (χ0v) is 14.2. The average Bonchev–Trinajstić information content (AvgIpc) is 3.24. The van der Waals surface area contributed by atoms with E-state index in [1.165, 1.54) is 18.3 Å². The number of ether oxygens (including phenoxy) is 1. The van der Waals surface area contributed by atoms with E-state index in [2.05, 4.69) is 30.2 Å². The van der Waals surface area contributed by atoms with Gasteiger partial charge in [-0.25, -0.2) is 8.78 Å². The maximum absolute atomic E-state index is 13.5. The number of halogens is 5. The van der Waals surface area contributed by atoms with Crippen molar-refractivity contribution < 1.29 is 31.5 Å². The zero-order valence-electron chi connectivity index (χ0n) is 14.2. The molecule has 3 heterocycles. The van der Waals surface area contributed by atoms with Gasteiger partial charge < -0.3 is 15.0 Å². The number of carbonyl (C=O) groups excluding carboxylic acids is 1. The molecule has 0 aliphatic rings. The number of fused-ring (bicyclic) bond motifs is 2. The van der Waals surface area contributed by atoms with Crippen molar-refractivity contribution in [3.63, 3.8) is 0 Å². The van der Waals surface area contributed by atoms with Crippen molar-refractivity contribution in [2.45, 2.75) is 6.18 Å². The molecule has 0 bridgehead atoms. The first-order chi connectivity index (χ1) is 13.7. The number of benzene rings is 1. The normalized spacial score (nSPS) is 11.9. The highest BCUT2D eigenvalue weighted by molar-refractivity contribution is 6.13. The van der Waals surface area contributed by atoms with Gasteiger partial charge in [-0.1, -0.05) is 0 Å². The summed E-state index contributed by atoms with van der Waals surface area (Å²) in [6.07, 6.45) is -3.16. The molecule has 4 aromatic rings. The second-order valence-corrected chi connectivity index (χ2v) is 5.99. The van der Waals surface area contributed by atoms with Crippen molar-refractivity contribution >= 4 is 33.5 Å². The molecular formula is C17H10F5N5O2. The monoisotopic (exact) mass is 411 g/mol. The zero-order chi connectivity index (χ0) is 20.8. The van der Waals surface area contributed by atoms with Gasteiger partial charge in [0.15, 0.2) is 23.9 Å². The minimum absolute atomic E-state index is 0.0215. The third kappa shape index (κ3) is 3.68. The Bertz CT molecular complexity index is 1230. The lowest BCUT2D eigenvalue weighted by Gasteiger charge is -2.07. The Morgan fingerprint density at radius 1 is 1.14 bits per heavy atom. The average molecular weight is 411 g/mol. The van der Waals surface area contributed by atoms with Crippen LogP contribution >= 0.6 is 0 Å². The van der Waals surface area contributed by atoms with E-state index in [1.54, 1.807) is 0 Å². The molecule has 0 radical (unpaired) electrons. The number of aromatic amines is 2. The summed E-state index contributed by atoms with van der Waals surface area (Å²) in [6.45, 7) is -1.51. The molecule has 0 aliphatic carbocycles. The number of aromatic nitrogens is 4. The van der Waals surface area contributed by atoms with Crippen LogP contribution in [0.2, 0.25) is 0 Å². The van der Waals surface area contributed by atoms with Crippen LogP contribution in [0.3, 0.4) is 0 Å². The lowest BCUT2D eigenvalue weighted by molar-refractivity contribution is -0.154. The fraction of sp³-hybridized carbons (Fsp3) is 0.118. The molecule has 3 aromatic heterocycles. The summed E-state index contributed by atoms with van der Waals surface area (Å²) in [5, 5.41) is 9.25. The van der Waals surface area contributed by atoms with Crippen LogP contribution < -0.4 is 10.1 Å². The standard InChI is InChI=1S/C17H10F5N5O2/c18-9-3-8-11(4-10(9)19)23-5-12(8)24-16(28)14-7-1-2-13(25-15(7)27-26-14)29-6-17(20,21)22/h1-5,23H,6H2,(H,24,28)(H,25,26,27). The minimum atomic E-state index is -4.52. The van der Waals surface area contributed by atoms with E-state index in [4.69, 9.17) is 0 Å². The lowest BCUT2D eigenvalue weighted by Crippen LogP contribution is -2.19.